The SMILES string of the molecule is Cc1nn(C)cc1C(=O)N1CCCN2C(=O)c3ccccc3C21. The van der Waals surface area contributed by atoms with Crippen molar-refractivity contribution in [1.29, 1.82) is 0 Å². The molecule has 0 bridgehead atoms. The molecule has 118 valence electrons. The number of hydrogen-bond donors (Lipinski definition) is 0. The van der Waals surface area contributed by atoms with Gasteiger partial charge in [0, 0.05) is 37.5 Å². The highest BCUT2D eigenvalue weighted by Gasteiger charge is 2.44. The summed E-state index contributed by atoms with van der Waals surface area (Å²) in [7, 11) is 1.81. The first kappa shape index (κ1) is 14.0. The van der Waals surface area contributed by atoms with Crippen LogP contribution in [0.5, 0.6) is 0 Å². The van der Waals surface area contributed by atoms with E-state index in [-0.39, 0.29) is 18.0 Å². The lowest BCUT2D eigenvalue weighted by Crippen LogP contribution is -2.48. The third-order valence-electron chi connectivity index (χ3n) is 4.62. The third-order valence-corrected chi connectivity index (χ3v) is 4.62. The molecule has 1 aromatic heterocycles. The number of aryl methyl sites for hydroxylation is 2. The average Bonchev–Trinajstić information content (AvgIpc) is 3.05. The van der Waals surface area contributed by atoms with E-state index in [1.807, 2.05) is 31.2 Å². The van der Waals surface area contributed by atoms with Gasteiger partial charge in [0.2, 0.25) is 0 Å². The molecule has 1 atom stereocenters. The zero-order valence-corrected chi connectivity index (χ0v) is 13.2. The van der Waals surface area contributed by atoms with Crippen LogP contribution in [0.4, 0.5) is 0 Å². The summed E-state index contributed by atoms with van der Waals surface area (Å²) < 4.78 is 1.65. The highest BCUT2D eigenvalue weighted by molar-refractivity contribution is 6.01. The Balaban J connectivity index is 1.76. The van der Waals surface area contributed by atoms with Crippen LogP contribution in [-0.2, 0) is 7.05 Å². The van der Waals surface area contributed by atoms with Crippen molar-refractivity contribution in [2.75, 3.05) is 13.1 Å². The Hall–Kier alpha value is -2.63. The smallest absolute Gasteiger partial charge is 0.259 e. The second-order valence-electron chi connectivity index (χ2n) is 6.11. The fourth-order valence-corrected chi connectivity index (χ4v) is 3.62. The molecule has 0 N–H and O–H groups in total. The number of rotatable bonds is 1. The highest BCUT2D eigenvalue weighted by atomic mass is 16.2. The molecule has 0 radical (unpaired) electrons. The Morgan fingerprint density at radius 1 is 1.26 bits per heavy atom. The van der Waals surface area contributed by atoms with Gasteiger partial charge in [0.25, 0.3) is 11.8 Å². The second kappa shape index (κ2) is 4.94. The van der Waals surface area contributed by atoms with Crippen molar-refractivity contribution >= 4 is 11.8 Å². The lowest BCUT2D eigenvalue weighted by Gasteiger charge is -2.40. The van der Waals surface area contributed by atoms with Gasteiger partial charge in [-0.2, -0.15) is 5.10 Å². The number of aromatic nitrogens is 2. The molecule has 4 rings (SSSR count). The Morgan fingerprint density at radius 2 is 2.04 bits per heavy atom. The molecule has 1 aromatic carbocycles. The van der Waals surface area contributed by atoms with E-state index in [0.29, 0.717) is 29.9 Å². The molecule has 2 aliphatic rings. The third kappa shape index (κ3) is 1.98. The summed E-state index contributed by atoms with van der Waals surface area (Å²) in [6.45, 7) is 3.17. The summed E-state index contributed by atoms with van der Waals surface area (Å²) in [5, 5.41) is 4.26. The number of hydrogen-bond acceptors (Lipinski definition) is 3. The van der Waals surface area contributed by atoms with Gasteiger partial charge in [-0.25, -0.2) is 0 Å². The minimum absolute atomic E-state index is 0.0195. The standard InChI is InChI=1S/C17H18N4O2/c1-11-14(10-19(2)18-11)17(23)21-9-5-8-20-15(21)12-6-3-4-7-13(12)16(20)22/h3-4,6-7,10,15H,5,8-9H2,1-2H3. The predicted octanol–water partition coefficient (Wildman–Crippen LogP) is 1.73. The van der Waals surface area contributed by atoms with Crippen LogP contribution < -0.4 is 0 Å². The quantitative estimate of drug-likeness (QED) is 0.806. The van der Waals surface area contributed by atoms with E-state index in [0.717, 1.165) is 12.0 Å². The van der Waals surface area contributed by atoms with E-state index in [4.69, 9.17) is 0 Å². The van der Waals surface area contributed by atoms with Crippen LogP contribution in [0.1, 0.15) is 44.6 Å². The van der Waals surface area contributed by atoms with Crippen molar-refractivity contribution in [3.8, 4) is 0 Å². The molecule has 6 heteroatoms. The summed E-state index contributed by atoms with van der Waals surface area (Å²) in [6.07, 6.45) is 2.25. The van der Waals surface area contributed by atoms with Gasteiger partial charge in [0.15, 0.2) is 0 Å². The van der Waals surface area contributed by atoms with Crippen LogP contribution in [0.25, 0.3) is 0 Å². The zero-order valence-electron chi connectivity index (χ0n) is 13.2. The molecule has 6 nitrogen and oxygen atoms in total. The van der Waals surface area contributed by atoms with Crippen LogP contribution in [0.3, 0.4) is 0 Å². The first-order valence-corrected chi connectivity index (χ1v) is 7.79. The molecule has 3 heterocycles. The molecule has 1 fully saturated rings. The molecular weight excluding hydrogens is 292 g/mol. The summed E-state index contributed by atoms with van der Waals surface area (Å²) in [5.74, 6) is -0.0409. The fraction of sp³-hybridized carbons (Fsp3) is 0.353. The predicted molar refractivity (Wildman–Crippen MR) is 83.8 cm³/mol. The lowest BCUT2D eigenvalue weighted by atomic mass is 10.1. The van der Waals surface area contributed by atoms with Gasteiger partial charge in [-0.15, -0.1) is 0 Å². The first-order chi connectivity index (χ1) is 11.1. The molecular formula is C17H18N4O2. The van der Waals surface area contributed by atoms with Crippen molar-refractivity contribution in [3.63, 3.8) is 0 Å². The summed E-state index contributed by atoms with van der Waals surface area (Å²) in [5.41, 5.74) is 2.95. The summed E-state index contributed by atoms with van der Waals surface area (Å²) in [6, 6.07) is 7.57. The molecule has 1 unspecified atom stereocenters. The molecule has 0 saturated carbocycles. The van der Waals surface area contributed by atoms with Crippen LogP contribution in [-0.4, -0.2) is 44.5 Å². The molecule has 2 aliphatic heterocycles. The zero-order chi connectivity index (χ0) is 16.1. The molecule has 1 saturated heterocycles. The van der Waals surface area contributed by atoms with Crippen LogP contribution in [0.15, 0.2) is 30.5 Å². The minimum Gasteiger partial charge on any atom is -0.314 e. The van der Waals surface area contributed by atoms with Crippen LogP contribution in [0, 0.1) is 6.92 Å². The minimum atomic E-state index is -0.292. The van der Waals surface area contributed by atoms with Crippen LogP contribution in [0.2, 0.25) is 0 Å². The Labute approximate surface area is 134 Å². The van der Waals surface area contributed by atoms with Crippen molar-refractivity contribution in [3.05, 3.63) is 52.8 Å². The van der Waals surface area contributed by atoms with Crippen molar-refractivity contribution in [2.45, 2.75) is 19.5 Å². The Kier molecular flexibility index (Phi) is 3.01. The van der Waals surface area contributed by atoms with Crippen molar-refractivity contribution < 1.29 is 9.59 Å². The molecule has 2 amide bonds. The number of amides is 2. The van der Waals surface area contributed by atoms with Gasteiger partial charge in [-0.1, -0.05) is 18.2 Å². The Morgan fingerprint density at radius 3 is 2.78 bits per heavy atom. The molecule has 0 spiro atoms. The van der Waals surface area contributed by atoms with Gasteiger partial charge < -0.3 is 9.80 Å². The average molecular weight is 310 g/mol. The largest absolute Gasteiger partial charge is 0.314 e. The summed E-state index contributed by atoms with van der Waals surface area (Å²) >= 11 is 0. The van der Waals surface area contributed by atoms with Gasteiger partial charge in [-0.05, 0) is 19.4 Å². The van der Waals surface area contributed by atoms with Crippen molar-refractivity contribution in [2.24, 2.45) is 7.05 Å². The molecule has 2 aromatic rings. The number of carbonyl (C=O) groups excluding carboxylic acids is 2. The van der Waals surface area contributed by atoms with Crippen LogP contribution >= 0.6 is 0 Å². The van der Waals surface area contributed by atoms with E-state index in [9.17, 15) is 9.59 Å². The van der Waals surface area contributed by atoms with E-state index in [1.165, 1.54) is 0 Å². The Bertz CT molecular complexity index is 811. The summed E-state index contributed by atoms with van der Waals surface area (Å²) in [4.78, 5) is 29.2. The van der Waals surface area contributed by atoms with E-state index in [2.05, 4.69) is 5.10 Å². The molecule has 23 heavy (non-hydrogen) atoms. The van der Waals surface area contributed by atoms with Gasteiger partial charge in [0.1, 0.15) is 6.17 Å². The first-order valence-electron chi connectivity index (χ1n) is 7.79. The monoisotopic (exact) mass is 310 g/mol. The maximum Gasteiger partial charge on any atom is 0.259 e. The molecule has 0 aliphatic carbocycles. The van der Waals surface area contributed by atoms with Crippen molar-refractivity contribution in [1.82, 2.24) is 19.6 Å². The normalized spacial score (nSPS) is 19.7. The maximum atomic E-state index is 13.0. The van der Waals surface area contributed by atoms with Gasteiger partial charge in [-0.3, -0.25) is 14.3 Å². The lowest BCUT2D eigenvalue weighted by molar-refractivity contribution is 0.0164. The van der Waals surface area contributed by atoms with E-state index in [1.54, 1.807) is 27.7 Å². The number of fused-ring (bicyclic) bond motifs is 3. The fourth-order valence-electron chi connectivity index (χ4n) is 3.62. The number of carbonyl (C=O) groups is 2. The topological polar surface area (TPSA) is 58.4 Å². The van der Waals surface area contributed by atoms with Gasteiger partial charge >= 0.3 is 0 Å². The second-order valence-corrected chi connectivity index (χ2v) is 6.11. The highest BCUT2D eigenvalue weighted by Crippen LogP contribution is 2.39. The number of nitrogens with zero attached hydrogens (tertiary/aromatic N) is 4. The maximum absolute atomic E-state index is 13.0. The number of benzene rings is 1. The van der Waals surface area contributed by atoms with Gasteiger partial charge in [0.05, 0.1) is 11.3 Å². The van der Waals surface area contributed by atoms with E-state index >= 15 is 0 Å². The van der Waals surface area contributed by atoms with E-state index < -0.39 is 0 Å².